The molecule has 1 amide bonds. The van der Waals surface area contributed by atoms with Gasteiger partial charge < -0.3 is 9.73 Å². The third-order valence-corrected chi connectivity index (χ3v) is 5.88. The monoisotopic (exact) mass is 388 g/mol. The Bertz CT molecular complexity index is 900. The fourth-order valence-corrected chi connectivity index (χ4v) is 4.10. The van der Waals surface area contributed by atoms with Crippen LogP contribution >= 0.6 is 11.3 Å². The van der Waals surface area contributed by atoms with E-state index >= 15 is 0 Å². The summed E-state index contributed by atoms with van der Waals surface area (Å²) in [6, 6.07) is 11.8. The van der Waals surface area contributed by atoms with E-state index in [2.05, 4.69) is 10.3 Å². The molecule has 136 valence electrons. The molecule has 1 N–H and O–H groups in total. The molecule has 0 fully saturated rings. The number of nitrogens with zero attached hydrogens (tertiary/aromatic N) is 1. The molecule has 0 saturated heterocycles. The molecule has 1 atom stereocenters. The molecule has 1 aromatic carbocycles. The average Bonchev–Trinajstić information content (AvgIpc) is 3.24. The molecule has 2 aromatic heterocycles. The van der Waals surface area contributed by atoms with Gasteiger partial charge in [-0.3, -0.25) is 9.00 Å². The van der Waals surface area contributed by atoms with Gasteiger partial charge in [-0.2, -0.15) is 0 Å². The number of oxazole rings is 1. The van der Waals surface area contributed by atoms with Gasteiger partial charge in [0.1, 0.15) is 11.5 Å². The van der Waals surface area contributed by atoms with Gasteiger partial charge in [-0.05, 0) is 37.4 Å². The fourth-order valence-electron chi connectivity index (χ4n) is 2.38. The Labute approximate surface area is 158 Å². The summed E-state index contributed by atoms with van der Waals surface area (Å²) < 4.78 is 18.0. The predicted octanol–water partition coefficient (Wildman–Crippen LogP) is 3.59. The molecule has 3 aromatic rings. The molecular weight excluding hydrogens is 368 g/mol. The summed E-state index contributed by atoms with van der Waals surface area (Å²) in [5.74, 6) is 1.08. The standard InChI is InChI=1S/C19H20N2O3S2/c1-13-5-7-15(8-6-13)19-21-17(14(2)24-19)11-26(23)12-18(22)20-10-16-4-3-9-25-16/h3-9H,10-12H2,1-2H3,(H,20,22)/t26-/m0/s1. The summed E-state index contributed by atoms with van der Waals surface area (Å²) in [4.78, 5) is 17.5. The molecule has 0 saturated carbocycles. The minimum atomic E-state index is -1.34. The lowest BCUT2D eigenvalue weighted by molar-refractivity contribution is -0.118. The molecule has 7 heteroatoms. The number of carbonyl (C=O) groups is 1. The van der Waals surface area contributed by atoms with Crippen molar-refractivity contribution in [2.45, 2.75) is 26.1 Å². The highest BCUT2D eigenvalue weighted by molar-refractivity contribution is 7.84. The molecule has 2 heterocycles. The third-order valence-electron chi connectivity index (χ3n) is 3.82. The lowest BCUT2D eigenvalue weighted by atomic mass is 10.1. The number of amides is 1. The first-order valence-electron chi connectivity index (χ1n) is 8.18. The van der Waals surface area contributed by atoms with Gasteiger partial charge in [0, 0.05) is 21.2 Å². The number of benzene rings is 1. The lowest BCUT2D eigenvalue weighted by Gasteiger charge is -2.03. The Morgan fingerprint density at radius 3 is 2.69 bits per heavy atom. The number of hydrogen-bond donors (Lipinski definition) is 1. The largest absolute Gasteiger partial charge is 0.441 e. The van der Waals surface area contributed by atoms with Gasteiger partial charge in [0.05, 0.1) is 18.0 Å². The van der Waals surface area contributed by atoms with E-state index < -0.39 is 10.8 Å². The van der Waals surface area contributed by atoms with E-state index in [4.69, 9.17) is 4.42 Å². The Kier molecular flexibility index (Phi) is 6.00. The van der Waals surface area contributed by atoms with Crippen LogP contribution in [0.15, 0.2) is 46.2 Å². The van der Waals surface area contributed by atoms with Gasteiger partial charge in [-0.25, -0.2) is 4.98 Å². The van der Waals surface area contributed by atoms with Crippen molar-refractivity contribution in [2.24, 2.45) is 0 Å². The van der Waals surface area contributed by atoms with Crippen LogP contribution < -0.4 is 5.32 Å². The maximum Gasteiger partial charge on any atom is 0.232 e. The molecule has 0 unspecified atom stereocenters. The second kappa shape index (κ2) is 8.42. The quantitative estimate of drug-likeness (QED) is 0.671. The number of nitrogens with one attached hydrogen (secondary N) is 1. The average molecular weight is 389 g/mol. The molecule has 0 radical (unpaired) electrons. The lowest BCUT2D eigenvalue weighted by Crippen LogP contribution is -2.28. The zero-order valence-corrected chi connectivity index (χ0v) is 16.3. The second-order valence-electron chi connectivity index (χ2n) is 5.97. The molecule has 0 bridgehead atoms. The summed E-state index contributed by atoms with van der Waals surface area (Å²) in [5.41, 5.74) is 2.67. The zero-order chi connectivity index (χ0) is 18.5. The van der Waals surface area contributed by atoms with Crippen LogP contribution in [0.3, 0.4) is 0 Å². The number of carbonyl (C=O) groups excluding carboxylic acids is 1. The molecule has 0 spiro atoms. The van der Waals surface area contributed by atoms with Crippen LogP contribution in [-0.4, -0.2) is 20.9 Å². The first-order valence-corrected chi connectivity index (χ1v) is 10.6. The van der Waals surface area contributed by atoms with E-state index in [1.54, 1.807) is 18.3 Å². The Hall–Kier alpha value is -2.25. The normalized spacial score (nSPS) is 12.1. The topological polar surface area (TPSA) is 72.2 Å². The molecule has 0 aliphatic carbocycles. The van der Waals surface area contributed by atoms with Crippen molar-refractivity contribution in [1.29, 1.82) is 0 Å². The van der Waals surface area contributed by atoms with Crippen molar-refractivity contribution < 1.29 is 13.4 Å². The molecule has 3 rings (SSSR count). The minimum absolute atomic E-state index is 0.0441. The van der Waals surface area contributed by atoms with Crippen LogP contribution in [0.1, 0.15) is 21.9 Å². The van der Waals surface area contributed by atoms with Crippen molar-refractivity contribution in [3.63, 3.8) is 0 Å². The Balaban J connectivity index is 1.57. The molecule has 0 aliphatic heterocycles. The van der Waals surface area contributed by atoms with Crippen LogP contribution in [0, 0.1) is 13.8 Å². The van der Waals surface area contributed by atoms with E-state index in [1.165, 1.54) is 0 Å². The maximum absolute atomic E-state index is 12.3. The van der Waals surface area contributed by atoms with Crippen molar-refractivity contribution in [2.75, 3.05) is 5.75 Å². The number of hydrogen-bond acceptors (Lipinski definition) is 5. The predicted molar refractivity (Wildman–Crippen MR) is 104 cm³/mol. The van der Waals surface area contributed by atoms with E-state index in [9.17, 15) is 9.00 Å². The highest BCUT2D eigenvalue weighted by Crippen LogP contribution is 2.22. The molecule has 5 nitrogen and oxygen atoms in total. The van der Waals surface area contributed by atoms with Gasteiger partial charge in [0.25, 0.3) is 0 Å². The SMILES string of the molecule is Cc1ccc(-c2nc(C[S@](=O)CC(=O)NCc3cccs3)c(C)o2)cc1. The number of aromatic nitrogens is 1. The van der Waals surface area contributed by atoms with Crippen LogP contribution in [0.2, 0.25) is 0 Å². The van der Waals surface area contributed by atoms with Crippen LogP contribution in [0.4, 0.5) is 0 Å². The van der Waals surface area contributed by atoms with Gasteiger partial charge in [-0.15, -0.1) is 11.3 Å². The smallest absolute Gasteiger partial charge is 0.232 e. The third kappa shape index (κ3) is 4.89. The van der Waals surface area contributed by atoms with Gasteiger partial charge >= 0.3 is 0 Å². The van der Waals surface area contributed by atoms with E-state index in [-0.39, 0.29) is 17.4 Å². The first kappa shape index (κ1) is 18.5. The van der Waals surface area contributed by atoms with Crippen molar-refractivity contribution >= 4 is 28.0 Å². The summed E-state index contributed by atoms with van der Waals surface area (Å²) in [5, 5.41) is 4.74. The van der Waals surface area contributed by atoms with E-state index in [0.29, 0.717) is 23.9 Å². The van der Waals surface area contributed by atoms with Gasteiger partial charge in [0.15, 0.2) is 0 Å². The molecule has 0 aliphatic rings. The van der Waals surface area contributed by atoms with Crippen molar-refractivity contribution in [3.8, 4) is 11.5 Å². The summed E-state index contributed by atoms with van der Waals surface area (Å²) in [6.07, 6.45) is 0. The highest BCUT2D eigenvalue weighted by atomic mass is 32.2. The van der Waals surface area contributed by atoms with E-state index in [0.717, 1.165) is 16.0 Å². The first-order chi connectivity index (χ1) is 12.5. The van der Waals surface area contributed by atoms with Crippen molar-refractivity contribution in [3.05, 3.63) is 63.7 Å². The van der Waals surface area contributed by atoms with Gasteiger partial charge in [-0.1, -0.05) is 23.8 Å². The maximum atomic E-state index is 12.3. The highest BCUT2D eigenvalue weighted by Gasteiger charge is 2.16. The fraction of sp³-hybridized carbons (Fsp3) is 0.263. The van der Waals surface area contributed by atoms with Crippen LogP contribution in [0.5, 0.6) is 0 Å². The van der Waals surface area contributed by atoms with Crippen LogP contribution in [0.25, 0.3) is 11.5 Å². The van der Waals surface area contributed by atoms with Gasteiger partial charge in [0.2, 0.25) is 11.8 Å². The Morgan fingerprint density at radius 1 is 1.23 bits per heavy atom. The second-order valence-corrected chi connectivity index (χ2v) is 8.46. The molecule has 26 heavy (non-hydrogen) atoms. The number of rotatable bonds is 7. The molecular formula is C19H20N2O3S2. The Morgan fingerprint density at radius 2 is 2.00 bits per heavy atom. The number of thiophene rings is 1. The summed E-state index contributed by atoms with van der Waals surface area (Å²) in [6.45, 7) is 4.28. The summed E-state index contributed by atoms with van der Waals surface area (Å²) in [7, 11) is -1.34. The summed E-state index contributed by atoms with van der Waals surface area (Å²) >= 11 is 1.58. The van der Waals surface area contributed by atoms with E-state index in [1.807, 2.05) is 48.7 Å². The zero-order valence-electron chi connectivity index (χ0n) is 14.7. The van der Waals surface area contributed by atoms with Crippen molar-refractivity contribution in [1.82, 2.24) is 10.3 Å². The minimum Gasteiger partial charge on any atom is -0.441 e. The number of aryl methyl sites for hydroxylation is 2. The van der Waals surface area contributed by atoms with Crippen LogP contribution in [-0.2, 0) is 27.9 Å².